The van der Waals surface area contributed by atoms with Gasteiger partial charge in [-0.15, -0.1) is 0 Å². The summed E-state index contributed by atoms with van der Waals surface area (Å²) < 4.78 is 9.60. The fourth-order valence-corrected chi connectivity index (χ4v) is 12.2. The van der Waals surface area contributed by atoms with Crippen molar-refractivity contribution in [2.75, 3.05) is 0 Å². The van der Waals surface area contributed by atoms with Crippen molar-refractivity contribution in [2.45, 2.75) is 0 Å². The van der Waals surface area contributed by atoms with Gasteiger partial charge in [0.1, 0.15) is 11.2 Å². The second-order valence-electron chi connectivity index (χ2n) is 20.7. The van der Waals surface area contributed by atoms with Gasteiger partial charge in [-0.2, -0.15) is 0 Å². The number of hydrogen-bond acceptors (Lipinski definition) is 4. The average Bonchev–Trinajstić information content (AvgIpc) is 4.17. The van der Waals surface area contributed by atoms with E-state index in [2.05, 4.69) is 259 Å². The van der Waals surface area contributed by atoms with Gasteiger partial charge in [-0.3, -0.25) is 0 Å². The normalized spacial score (nSPS) is 11.8. The highest BCUT2D eigenvalue weighted by Crippen LogP contribution is 2.46. The molecule has 16 rings (SSSR count). The molecule has 0 aliphatic heterocycles. The van der Waals surface area contributed by atoms with Gasteiger partial charge < -0.3 is 8.98 Å². The number of furan rings is 1. The topological polar surface area (TPSA) is 56.7 Å². The molecule has 13 aromatic carbocycles. The molecule has 0 fully saturated rings. The number of nitrogens with zero attached hydrogens (tertiary/aromatic N) is 4. The predicted molar refractivity (Wildman–Crippen MR) is 332 cm³/mol. The second-order valence-corrected chi connectivity index (χ2v) is 20.7. The van der Waals surface area contributed by atoms with Crippen LogP contribution >= 0.6 is 0 Å². The zero-order valence-corrected chi connectivity index (χ0v) is 43.3. The summed E-state index contributed by atoms with van der Waals surface area (Å²) in [6, 6.07) is 99.8. The summed E-state index contributed by atoms with van der Waals surface area (Å²) >= 11 is 0. The van der Waals surface area contributed by atoms with Crippen molar-refractivity contribution in [3.05, 3.63) is 279 Å². The standard InChI is InChI=1S/C75H46N4O/c1-4-18-47(19-5-1)56-40-57(48-20-6-2-7-21-48)42-58(41-56)63-45-65-70(46-68(63)79-66-39-38-50-23-13-15-30-61(50)71(66)64-43-54-26-10-11-27-55(54)44-67(64)79)80-69-33-17-32-62(72(65)69)75-77-73(52-24-8-3-9-25-52)76-74(78-75)53-36-34-51(35-37-53)60-31-16-28-49-22-12-14-29-59(49)60/h1-46H. The number of rotatable bonds is 8. The highest BCUT2D eigenvalue weighted by Gasteiger charge is 2.24. The maximum atomic E-state index is 7.13. The van der Waals surface area contributed by atoms with Gasteiger partial charge in [0.15, 0.2) is 17.5 Å². The summed E-state index contributed by atoms with van der Waals surface area (Å²) in [6.45, 7) is 0. The molecule has 0 atom stereocenters. The molecule has 0 saturated heterocycles. The van der Waals surface area contributed by atoms with Crippen LogP contribution in [-0.4, -0.2) is 19.5 Å². The zero-order chi connectivity index (χ0) is 52.7. The molecular formula is C75H46N4O. The SMILES string of the molecule is c1ccc(-c2cc(-c3ccccc3)cc(-c3cc4c(cc3-n3c5cc6ccccc6cc5c5c6ccccc6ccc53)oc3cccc(-c5nc(-c6ccccc6)nc(-c6ccc(-c7cccc8ccccc78)cc6)n5)c34)c2)cc1. The molecule has 0 amide bonds. The molecule has 80 heavy (non-hydrogen) atoms. The van der Waals surface area contributed by atoms with Crippen molar-refractivity contribution in [1.82, 2.24) is 19.5 Å². The lowest BCUT2D eigenvalue weighted by Crippen LogP contribution is -2.00. The van der Waals surface area contributed by atoms with Crippen LogP contribution in [0.25, 0.3) is 160 Å². The Bertz CT molecular complexity index is 5040. The summed E-state index contributed by atoms with van der Waals surface area (Å²) in [4.78, 5) is 15.9. The minimum Gasteiger partial charge on any atom is -0.456 e. The van der Waals surface area contributed by atoms with E-state index in [4.69, 9.17) is 19.4 Å². The van der Waals surface area contributed by atoms with E-state index in [-0.39, 0.29) is 0 Å². The first-order chi connectivity index (χ1) is 39.6. The summed E-state index contributed by atoms with van der Waals surface area (Å²) in [5.74, 6) is 1.74. The van der Waals surface area contributed by atoms with E-state index in [1.54, 1.807) is 0 Å². The molecule has 0 aliphatic carbocycles. The average molecular weight is 1020 g/mol. The van der Waals surface area contributed by atoms with Crippen molar-refractivity contribution in [3.63, 3.8) is 0 Å². The molecule has 0 radical (unpaired) electrons. The van der Waals surface area contributed by atoms with Gasteiger partial charge in [0.05, 0.1) is 16.7 Å². The molecule has 0 bridgehead atoms. The fourth-order valence-electron chi connectivity index (χ4n) is 12.2. The van der Waals surface area contributed by atoms with Crippen LogP contribution in [0.15, 0.2) is 283 Å². The first-order valence-corrected chi connectivity index (χ1v) is 27.1. The van der Waals surface area contributed by atoms with E-state index in [1.807, 2.05) is 24.3 Å². The van der Waals surface area contributed by atoms with E-state index in [1.165, 1.54) is 48.7 Å². The second kappa shape index (κ2) is 18.5. The highest BCUT2D eigenvalue weighted by molar-refractivity contribution is 6.24. The Hall–Kier alpha value is -10.8. The van der Waals surface area contributed by atoms with Crippen molar-refractivity contribution in [1.29, 1.82) is 0 Å². The highest BCUT2D eigenvalue weighted by atomic mass is 16.3. The molecule has 0 saturated carbocycles. The minimum atomic E-state index is 0.560. The Balaban J connectivity index is 0.966. The Morgan fingerprint density at radius 3 is 1.48 bits per heavy atom. The van der Waals surface area contributed by atoms with Crippen molar-refractivity contribution >= 4 is 76.1 Å². The van der Waals surface area contributed by atoms with Crippen LogP contribution in [0.1, 0.15) is 0 Å². The Labute approximate surface area is 461 Å². The number of hydrogen-bond donors (Lipinski definition) is 0. The quantitative estimate of drug-likeness (QED) is 0.152. The van der Waals surface area contributed by atoms with Crippen LogP contribution in [0.3, 0.4) is 0 Å². The van der Waals surface area contributed by atoms with Crippen molar-refractivity contribution < 1.29 is 4.42 Å². The molecule has 3 heterocycles. The maximum Gasteiger partial charge on any atom is 0.164 e. The van der Waals surface area contributed by atoms with Gasteiger partial charge in [0.25, 0.3) is 0 Å². The van der Waals surface area contributed by atoms with Gasteiger partial charge >= 0.3 is 0 Å². The molecule has 3 aromatic heterocycles. The lowest BCUT2D eigenvalue weighted by molar-refractivity contribution is 0.668. The third kappa shape index (κ3) is 7.59. The van der Waals surface area contributed by atoms with Gasteiger partial charge in [0, 0.05) is 49.9 Å². The van der Waals surface area contributed by atoms with Crippen LogP contribution in [0.5, 0.6) is 0 Å². The van der Waals surface area contributed by atoms with Crippen LogP contribution < -0.4 is 0 Å². The van der Waals surface area contributed by atoms with Crippen LogP contribution in [-0.2, 0) is 0 Å². The zero-order valence-electron chi connectivity index (χ0n) is 43.3. The van der Waals surface area contributed by atoms with Crippen LogP contribution in [0.2, 0.25) is 0 Å². The Morgan fingerprint density at radius 2 is 0.775 bits per heavy atom. The smallest absolute Gasteiger partial charge is 0.164 e. The number of aromatic nitrogens is 4. The molecule has 0 N–H and O–H groups in total. The summed E-state index contributed by atoms with van der Waals surface area (Å²) in [6.07, 6.45) is 0. The number of fused-ring (bicyclic) bond motifs is 10. The molecule has 16 aromatic rings. The largest absolute Gasteiger partial charge is 0.456 e. The lowest BCUT2D eigenvalue weighted by Gasteiger charge is -2.17. The minimum absolute atomic E-state index is 0.560. The van der Waals surface area contributed by atoms with Gasteiger partial charge in [0.2, 0.25) is 0 Å². The molecule has 0 spiro atoms. The third-order valence-corrected chi connectivity index (χ3v) is 16.0. The van der Waals surface area contributed by atoms with Crippen LogP contribution in [0, 0.1) is 0 Å². The molecule has 0 aliphatic rings. The summed E-state index contributed by atoms with van der Waals surface area (Å²) in [7, 11) is 0. The summed E-state index contributed by atoms with van der Waals surface area (Å²) in [5.41, 5.74) is 16.4. The molecular weight excluding hydrogens is 973 g/mol. The third-order valence-electron chi connectivity index (χ3n) is 16.0. The molecule has 5 heteroatoms. The Morgan fingerprint density at radius 1 is 0.250 bits per heavy atom. The van der Waals surface area contributed by atoms with Gasteiger partial charge in [-0.1, -0.05) is 224 Å². The molecule has 372 valence electrons. The van der Waals surface area contributed by atoms with E-state index in [0.717, 1.165) is 94.3 Å². The van der Waals surface area contributed by atoms with Crippen molar-refractivity contribution in [2.24, 2.45) is 0 Å². The van der Waals surface area contributed by atoms with E-state index >= 15 is 0 Å². The van der Waals surface area contributed by atoms with Crippen molar-refractivity contribution in [3.8, 4) is 84.4 Å². The Kier molecular flexibility index (Phi) is 10.5. The van der Waals surface area contributed by atoms with E-state index in [9.17, 15) is 0 Å². The first kappa shape index (κ1) is 45.4. The fraction of sp³-hybridized carbons (Fsp3) is 0. The van der Waals surface area contributed by atoms with E-state index in [0.29, 0.717) is 17.5 Å². The lowest BCUT2D eigenvalue weighted by atomic mass is 9.91. The molecule has 0 unspecified atom stereocenters. The van der Waals surface area contributed by atoms with Gasteiger partial charge in [-0.25, -0.2) is 15.0 Å². The maximum absolute atomic E-state index is 7.13. The molecule has 5 nitrogen and oxygen atoms in total. The van der Waals surface area contributed by atoms with Crippen LogP contribution in [0.4, 0.5) is 0 Å². The van der Waals surface area contributed by atoms with Gasteiger partial charge in [-0.05, 0) is 120 Å². The first-order valence-electron chi connectivity index (χ1n) is 27.1. The summed E-state index contributed by atoms with van der Waals surface area (Å²) in [5, 5.41) is 11.5. The predicted octanol–water partition coefficient (Wildman–Crippen LogP) is 20.0. The monoisotopic (exact) mass is 1020 g/mol. The van der Waals surface area contributed by atoms with E-state index < -0.39 is 0 Å². The number of benzene rings is 13.